The van der Waals surface area contributed by atoms with Crippen molar-refractivity contribution < 1.29 is 28.1 Å². The summed E-state index contributed by atoms with van der Waals surface area (Å²) in [5.74, 6) is 2.12. The van der Waals surface area contributed by atoms with Crippen LogP contribution in [0.3, 0.4) is 0 Å². The minimum Gasteiger partial charge on any atom is -0.497 e. The van der Waals surface area contributed by atoms with Crippen molar-refractivity contribution in [3.05, 3.63) is 54.5 Å². The molecule has 1 fully saturated rings. The molecule has 0 saturated carbocycles. The Kier molecular flexibility index (Phi) is 12.6. The van der Waals surface area contributed by atoms with Crippen LogP contribution in [0.2, 0.25) is 0 Å². The molecule has 45 heavy (non-hydrogen) atoms. The van der Waals surface area contributed by atoms with Crippen molar-refractivity contribution in [2.45, 2.75) is 52.4 Å². The first-order valence-electron chi connectivity index (χ1n) is 15.7. The third-order valence-electron chi connectivity index (χ3n) is 7.72. The van der Waals surface area contributed by atoms with Gasteiger partial charge in [-0.05, 0) is 63.0 Å². The molecule has 1 amide bonds. The molecule has 2 aromatic carbocycles. The van der Waals surface area contributed by atoms with Crippen molar-refractivity contribution >= 4 is 29.2 Å². The van der Waals surface area contributed by atoms with Crippen LogP contribution in [0, 0.1) is 17.7 Å². The summed E-state index contributed by atoms with van der Waals surface area (Å²) in [6, 6.07) is 11.4. The number of anilines is 4. The lowest BCUT2D eigenvalue weighted by atomic mass is 10.00. The minimum absolute atomic E-state index is 0.171. The number of ether oxygens (including phenoxy) is 4. The van der Waals surface area contributed by atoms with Crippen LogP contribution in [0.15, 0.2) is 48.7 Å². The summed E-state index contributed by atoms with van der Waals surface area (Å²) in [6.07, 6.45) is 7.04. The van der Waals surface area contributed by atoms with E-state index in [1.807, 2.05) is 0 Å². The molecule has 11 heteroatoms. The van der Waals surface area contributed by atoms with E-state index >= 15 is 0 Å². The van der Waals surface area contributed by atoms with Crippen LogP contribution in [-0.4, -0.2) is 68.5 Å². The first-order valence-corrected chi connectivity index (χ1v) is 15.7. The fraction of sp³-hybridized carbons (Fsp3) is 0.500. The van der Waals surface area contributed by atoms with Gasteiger partial charge in [0.1, 0.15) is 17.3 Å². The van der Waals surface area contributed by atoms with Gasteiger partial charge in [0.2, 0.25) is 5.95 Å². The van der Waals surface area contributed by atoms with Gasteiger partial charge < -0.3 is 29.2 Å². The molecule has 2 heterocycles. The van der Waals surface area contributed by atoms with Crippen molar-refractivity contribution in [1.29, 1.82) is 0 Å². The predicted molar refractivity (Wildman–Crippen MR) is 174 cm³/mol. The van der Waals surface area contributed by atoms with Gasteiger partial charge in [-0.1, -0.05) is 33.1 Å². The second-order valence-electron chi connectivity index (χ2n) is 11.8. The number of hydrogen-bond donors (Lipinski definition) is 1. The third kappa shape index (κ3) is 9.94. The molecule has 1 aliphatic heterocycles. The van der Waals surface area contributed by atoms with Crippen LogP contribution in [0.4, 0.5) is 32.3 Å². The normalized spacial score (nSPS) is 15.0. The van der Waals surface area contributed by atoms with E-state index in [1.165, 1.54) is 24.3 Å². The van der Waals surface area contributed by atoms with Crippen LogP contribution in [0.5, 0.6) is 17.2 Å². The Morgan fingerprint density at radius 3 is 2.67 bits per heavy atom. The Bertz CT molecular complexity index is 1390. The van der Waals surface area contributed by atoms with E-state index in [1.54, 1.807) is 43.5 Å². The first-order chi connectivity index (χ1) is 21.8. The molecule has 0 spiro atoms. The number of nitrogens with one attached hydrogen (secondary N) is 1. The van der Waals surface area contributed by atoms with E-state index < -0.39 is 11.9 Å². The first kappa shape index (κ1) is 33.8. The van der Waals surface area contributed by atoms with Gasteiger partial charge in [0.15, 0.2) is 11.6 Å². The van der Waals surface area contributed by atoms with Gasteiger partial charge in [0.05, 0.1) is 33.1 Å². The molecule has 1 unspecified atom stereocenters. The van der Waals surface area contributed by atoms with Crippen LogP contribution in [-0.2, 0) is 4.74 Å². The van der Waals surface area contributed by atoms with Gasteiger partial charge in [0.25, 0.3) is 0 Å². The molecule has 10 nitrogen and oxygen atoms in total. The number of amides is 1. The van der Waals surface area contributed by atoms with Crippen molar-refractivity contribution in [3.63, 3.8) is 0 Å². The molecule has 1 saturated heterocycles. The average Bonchev–Trinajstić information content (AvgIpc) is 3.02. The molecule has 0 aliphatic carbocycles. The second kappa shape index (κ2) is 16.8. The van der Waals surface area contributed by atoms with E-state index in [0.717, 1.165) is 51.6 Å². The number of aromatic nitrogens is 2. The molecule has 0 bridgehead atoms. The summed E-state index contributed by atoms with van der Waals surface area (Å²) < 4.78 is 37.4. The Morgan fingerprint density at radius 2 is 1.93 bits per heavy atom. The number of halogens is 1. The molecule has 1 atom stereocenters. The number of carbonyl (C=O) groups is 1. The van der Waals surface area contributed by atoms with E-state index in [2.05, 4.69) is 41.1 Å². The Hall–Kier alpha value is -4.12. The van der Waals surface area contributed by atoms with Gasteiger partial charge in [-0.25, -0.2) is 19.1 Å². The highest BCUT2D eigenvalue weighted by atomic mass is 19.1. The maximum absolute atomic E-state index is 15.0. The maximum atomic E-state index is 15.0. The van der Waals surface area contributed by atoms with Crippen molar-refractivity contribution in [2.75, 3.05) is 57.8 Å². The highest BCUT2D eigenvalue weighted by molar-refractivity contribution is 5.97. The molecular weight excluding hydrogens is 577 g/mol. The Balaban J connectivity index is 1.49. The van der Waals surface area contributed by atoms with E-state index in [4.69, 9.17) is 18.9 Å². The average molecular weight is 624 g/mol. The van der Waals surface area contributed by atoms with E-state index in [9.17, 15) is 9.18 Å². The number of unbranched alkanes of at least 4 members (excludes halogenated alkanes) is 2. The van der Waals surface area contributed by atoms with Crippen molar-refractivity contribution in [3.8, 4) is 17.2 Å². The minimum atomic E-state index is -0.608. The van der Waals surface area contributed by atoms with Gasteiger partial charge in [0, 0.05) is 42.5 Å². The highest BCUT2D eigenvalue weighted by Crippen LogP contribution is 2.37. The second-order valence-corrected chi connectivity index (χ2v) is 11.8. The van der Waals surface area contributed by atoms with Crippen LogP contribution in [0.25, 0.3) is 0 Å². The summed E-state index contributed by atoms with van der Waals surface area (Å²) in [5.41, 5.74) is 0.858. The lowest BCUT2D eigenvalue weighted by Crippen LogP contribution is -2.34. The number of methoxy groups -OCH3 is 2. The smallest absolute Gasteiger partial charge is 0.420 e. The molecule has 1 aliphatic rings. The number of hydrogen-bond acceptors (Lipinski definition) is 9. The van der Waals surface area contributed by atoms with E-state index in [0.29, 0.717) is 41.3 Å². The summed E-state index contributed by atoms with van der Waals surface area (Å²) in [6.45, 7) is 7.16. The van der Waals surface area contributed by atoms with Gasteiger partial charge >= 0.3 is 6.09 Å². The van der Waals surface area contributed by atoms with Gasteiger partial charge in [-0.3, -0.25) is 0 Å². The van der Waals surface area contributed by atoms with Crippen molar-refractivity contribution in [1.82, 2.24) is 14.9 Å². The molecular formula is C34H46FN5O5. The quantitative estimate of drug-likeness (QED) is 0.172. The zero-order valence-corrected chi connectivity index (χ0v) is 27.1. The van der Waals surface area contributed by atoms with Gasteiger partial charge in [-0.2, -0.15) is 4.98 Å². The summed E-state index contributed by atoms with van der Waals surface area (Å²) >= 11 is 0. The fourth-order valence-corrected chi connectivity index (χ4v) is 5.32. The Morgan fingerprint density at radius 1 is 1.09 bits per heavy atom. The number of benzene rings is 2. The Labute approximate surface area is 265 Å². The molecule has 0 radical (unpaired) electrons. The van der Waals surface area contributed by atoms with Gasteiger partial charge in [-0.15, -0.1) is 0 Å². The monoisotopic (exact) mass is 623 g/mol. The number of carbonyl (C=O) groups excluding carboxylic acids is 1. The largest absolute Gasteiger partial charge is 0.497 e. The molecule has 1 N–H and O–H groups in total. The zero-order valence-electron chi connectivity index (χ0n) is 27.1. The lowest BCUT2D eigenvalue weighted by Gasteiger charge is -2.29. The third-order valence-corrected chi connectivity index (χ3v) is 7.72. The van der Waals surface area contributed by atoms with Crippen LogP contribution >= 0.6 is 0 Å². The number of piperidine rings is 1. The van der Waals surface area contributed by atoms with E-state index in [-0.39, 0.29) is 24.1 Å². The molecule has 244 valence electrons. The summed E-state index contributed by atoms with van der Waals surface area (Å²) in [5, 5.41) is 3.04. The highest BCUT2D eigenvalue weighted by Gasteiger charge is 2.25. The SMILES string of the molecule is COc1ccc(N(C(=O)OCCCCCC(C)C)c2ccnc(Nc3ccc(OCC4CCCN(C)C4)c(F)c3)n2)c(OC)c1. The maximum Gasteiger partial charge on any atom is 0.420 e. The predicted octanol–water partition coefficient (Wildman–Crippen LogP) is 7.59. The molecule has 4 rings (SSSR count). The fourth-order valence-electron chi connectivity index (χ4n) is 5.32. The number of likely N-dealkylation sites (tertiary alicyclic amines) is 1. The molecule has 3 aromatic rings. The number of nitrogens with zero attached hydrogens (tertiary/aromatic N) is 4. The number of rotatable bonds is 15. The van der Waals surface area contributed by atoms with Crippen LogP contribution in [0.1, 0.15) is 52.4 Å². The zero-order chi connectivity index (χ0) is 32.2. The standard InChI is InChI=1S/C34H46FN5O5/c1-24(2)10-7-6-8-19-44-34(41)40(29-14-13-27(42-4)21-31(29)43-5)32-16-17-36-33(38-32)37-26-12-15-30(28(35)20-26)45-23-25-11-9-18-39(3)22-25/h12-17,20-21,24-25H,6-11,18-19,22-23H2,1-5H3,(H,36,37,38). The summed E-state index contributed by atoms with van der Waals surface area (Å²) in [7, 11) is 5.16. The molecule has 1 aromatic heterocycles. The lowest BCUT2D eigenvalue weighted by molar-refractivity contribution is 0.147. The van der Waals surface area contributed by atoms with Crippen molar-refractivity contribution in [2.24, 2.45) is 11.8 Å². The summed E-state index contributed by atoms with van der Waals surface area (Å²) in [4.78, 5) is 26.0. The topological polar surface area (TPSA) is 98.3 Å². The van der Waals surface area contributed by atoms with Crippen LogP contribution < -0.4 is 24.4 Å².